The molecular formula is C17H24ClFN4O2. The molecule has 1 rings (SSSR count). The van der Waals surface area contributed by atoms with Gasteiger partial charge in [-0.15, -0.1) is 0 Å². The predicted molar refractivity (Wildman–Crippen MR) is 95.1 cm³/mol. The van der Waals surface area contributed by atoms with E-state index in [1.165, 1.54) is 0 Å². The minimum absolute atomic E-state index is 0.0262. The molecule has 0 spiro atoms. The van der Waals surface area contributed by atoms with Gasteiger partial charge >= 0.3 is 6.09 Å². The number of amides is 1. The van der Waals surface area contributed by atoms with Crippen molar-refractivity contribution in [3.8, 4) is 6.07 Å². The standard InChI is InChI=1S/C17H24ClFN4O2/c1-5-6-7-12(10-21-16(24)25-17(2,3)4)22-15-13(19)8-11(9-20)14(18)23-15/h8,12H,5-7,10H2,1-4H3,(H,21,24)(H,22,23)/t12-/m1/s1. The number of nitriles is 1. The van der Waals surface area contributed by atoms with Crippen LogP contribution in [-0.4, -0.2) is 29.3 Å². The van der Waals surface area contributed by atoms with Gasteiger partial charge in [0, 0.05) is 12.6 Å². The van der Waals surface area contributed by atoms with Crippen LogP contribution >= 0.6 is 11.6 Å². The summed E-state index contributed by atoms with van der Waals surface area (Å²) in [7, 11) is 0. The highest BCUT2D eigenvalue weighted by Gasteiger charge is 2.19. The van der Waals surface area contributed by atoms with Crippen LogP contribution in [0.5, 0.6) is 0 Å². The fraction of sp³-hybridized carbons (Fsp3) is 0.588. The first-order valence-corrected chi connectivity index (χ1v) is 8.53. The third-order valence-corrected chi connectivity index (χ3v) is 3.48. The maximum atomic E-state index is 14.1. The minimum Gasteiger partial charge on any atom is -0.444 e. The van der Waals surface area contributed by atoms with Gasteiger partial charge in [0.15, 0.2) is 11.6 Å². The molecule has 0 fully saturated rings. The van der Waals surface area contributed by atoms with E-state index in [0.29, 0.717) is 6.42 Å². The zero-order valence-electron chi connectivity index (χ0n) is 14.9. The van der Waals surface area contributed by atoms with Crippen molar-refractivity contribution in [1.82, 2.24) is 10.3 Å². The molecule has 0 unspecified atom stereocenters. The second kappa shape index (κ2) is 9.42. The van der Waals surface area contributed by atoms with Crippen LogP contribution in [0.1, 0.15) is 52.5 Å². The fourth-order valence-electron chi connectivity index (χ4n) is 2.04. The van der Waals surface area contributed by atoms with Crippen molar-refractivity contribution in [3.05, 3.63) is 22.6 Å². The molecule has 138 valence electrons. The molecule has 1 atom stereocenters. The van der Waals surface area contributed by atoms with E-state index in [-0.39, 0.29) is 29.1 Å². The zero-order valence-corrected chi connectivity index (χ0v) is 15.7. The van der Waals surface area contributed by atoms with Crippen molar-refractivity contribution >= 4 is 23.5 Å². The van der Waals surface area contributed by atoms with Crippen LogP contribution in [0.3, 0.4) is 0 Å². The van der Waals surface area contributed by atoms with E-state index in [2.05, 4.69) is 15.6 Å². The van der Waals surface area contributed by atoms with Gasteiger partial charge in [-0.2, -0.15) is 5.26 Å². The van der Waals surface area contributed by atoms with Crippen molar-refractivity contribution in [2.75, 3.05) is 11.9 Å². The van der Waals surface area contributed by atoms with Crippen LogP contribution in [0.4, 0.5) is 15.0 Å². The maximum Gasteiger partial charge on any atom is 0.407 e. The second-order valence-corrected chi connectivity index (χ2v) is 6.99. The van der Waals surface area contributed by atoms with E-state index in [4.69, 9.17) is 21.6 Å². The summed E-state index contributed by atoms with van der Waals surface area (Å²) in [5.41, 5.74) is -0.619. The predicted octanol–water partition coefficient (Wildman–Crippen LogP) is 4.24. The summed E-state index contributed by atoms with van der Waals surface area (Å²) in [5.74, 6) is -0.712. The van der Waals surface area contributed by atoms with Gasteiger partial charge in [-0.1, -0.05) is 31.4 Å². The van der Waals surface area contributed by atoms with E-state index in [1.807, 2.05) is 6.92 Å². The third-order valence-electron chi connectivity index (χ3n) is 3.19. The molecule has 0 bridgehead atoms. The van der Waals surface area contributed by atoms with Crippen molar-refractivity contribution in [3.63, 3.8) is 0 Å². The molecule has 6 nitrogen and oxygen atoms in total. The maximum absolute atomic E-state index is 14.1. The first-order valence-electron chi connectivity index (χ1n) is 8.15. The number of carbonyl (C=O) groups is 1. The van der Waals surface area contributed by atoms with Crippen LogP contribution in [0.25, 0.3) is 0 Å². The van der Waals surface area contributed by atoms with Gasteiger partial charge in [-0.05, 0) is 33.3 Å². The highest BCUT2D eigenvalue weighted by molar-refractivity contribution is 6.30. The normalized spacial score (nSPS) is 12.2. The van der Waals surface area contributed by atoms with E-state index < -0.39 is 17.5 Å². The molecule has 0 saturated carbocycles. The average molecular weight is 371 g/mol. The van der Waals surface area contributed by atoms with Gasteiger partial charge in [0.2, 0.25) is 0 Å². The Kier molecular flexibility index (Phi) is 7.91. The summed E-state index contributed by atoms with van der Waals surface area (Å²) in [6.45, 7) is 7.61. The van der Waals surface area contributed by atoms with Gasteiger partial charge < -0.3 is 15.4 Å². The van der Waals surface area contributed by atoms with E-state index in [9.17, 15) is 9.18 Å². The molecule has 1 aromatic heterocycles. The summed E-state index contributed by atoms with van der Waals surface area (Å²) in [6.07, 6.45) is 2.00. The SMILES string of the molecule is CCCC[C@H](CNC(=O)OC(C)(C)C)Nc1nc(Cl)c(C#N)cc1F. The number of nitrogens with zero attached hydrogens (tertiary/aromatic N) is 2. The Morgan fingerprint density at radius 2 is 2.20 bits per heavy atom. The van der Waals surface area contributed by atoms with Gasteiger partial charge in [-0.3, -0.25) is 0 Å². The smallest absolute Gasteiger partial charge is 0.407 e. The molecular weight excluding hydrogens is 347 g/mol. The molecule has 0 aromatic carbocycles. The average Bonchev–Trinajstić information content (AvgIpc) is 2.51. The van der Waals surface area contributed by atoms with Gasteiger partial charge in [0.1, 0.15) is 16.8 Å². The quantitative estimate of drug-likeness (QED) is 0.701. The van der Waals surface area contributed by atoms with E-state index >= 15 is 0 Å². The van der Waals surface area contributed by atoms with Crippen LogP contribution in [0.2, 0.25) is 5.15 Å². The zero-order chi connectivity index (χ0) is 19.0. The molecule has 0 aliphatic carbocycles. The third kappa shape index (κ3) is 7.57. The molecule has 2 N–H and O–H groups in total. The van der Waals surface area contributed by atoms with Crippen LogP contribution in [0.15, 0.2) is 6.07 Å². The molecule has 0 aliphatic heterocycles. The number of aromatic nitrogens is 1. The lowest BCUT2D eigenvalue weighted by molar-refractivity contribution is 0.0525. The Morgan fingerprint density at radius 1 is 1.52 bits per heavy atom. The number of carbonyl (C=O) groups excluding carboxylic acids is 1. The van der Waals surface area contributed by atoms with Crippen molar-refractivity contribution in [2.45, 2.75) is 58.6 Å². The summed E-state index contributed by atoms with van der Waals surface area (Å²) >= 11 is 5.86. The van der Waals surface area contributed by atoms with Crippen molar-refractivity contribution in [1.29, 1.82) is 5.26 Å². The number of hydrogen-bond acceptors (Lipinski definition) is 5. The summed E-state index contributed by atoms with van der Waals surface area (Å²) in [6, 6.07) is 2.56. The number of halogens is 2. The molecule has 0 aliphatic rings. The Hall–Kier alpha value is -2.07. The summed E-state index contributed by atoms with van der Waals surface area (Å²) in [5, 5.41) is 14.4. The number of ether oxygens (including phenoxy) is 1. The molecule has 1 amide bonds. The Morgan fingerprint density at radius 3 is 2.76 bits per heavy atom. The number of rotatable bonds is 7. The monoisotopic (exact) mass is 370 g/mol. The van der Waals surface area contributed by atoms with Crippen molar-refractivity contribution in [2.24, 2.45) is 0 Å². The molecule has 25 heavy (non-hydrogen) atoms. The Labute approximate surface area is 152 Å². The Balaban J connectivity index is 2.78. The lowest BCUT2D eigenvalue weighted by atomic mass is 10.1. The lowest BCUT2D eigenvalue weighted by Gasteiger charge is -2.23. The van der Waals surface area contributed by atoms with Gasteiger partial charge in [0.25, 0.3) is 0 Å². The van der Waals surface area contributed by atoms with Crippen LogP contribution in [0, 0.1) is 17.1 Å². The largest absolute Gasteiger partial charge is 0.444 e. The lowest BCUT2D eigenvalue weighted by Crippen LogP contribution is -2.39. The summed E-state index contributed by atoms with van der Waals surface area (Å²) < 4.78 is 19.3. The second-order valence-electron chi connectivity index (χ2n) is 6.64. The van der Waals surface area contributed by atoms with E-state index in [1.54, 1.807) is 26.8 Å². The topological polar surface area (TPSA) is 87.0 Å². The van der Waals surface area contributed by atoms with Gasteiger partial charge in [-0.25, -0.2) is 14.2 Å². The van der Waals surface area contributed by atoms with Crippen molar-refractivity contribution < 1.29 is 13.9 Å². The number of pyridine rings is 1. The highest BCUT2D eigenvalue weighted by atomic mass is 35.5. The fourth-order valence-corrected chi connectivity index (χ4v) is 2.22. The summed E-state index contributed by atoms with van der Waals surface area (Å²) in [4.78, 5) is 15.7. The molecule has 1 aromatic rings. The minimum atomic E-state index is -0.667. The number of unbranched alkanes of at least 4 members (excludes halogenated alkanes) is 1. The Bertz CT molecular complexity index is 641. The highest BCUT2D eigenvalue weighted by Crippen LogP contribution is 2.21. The van der Waals surface area contributed by atoms with Crippen LogP contribution < -0.4 is 10.6 Å². The number of alkyl carbamates (subject to hydrolysis) is 1. The van der Waals surface area contributed by atoms with Gasteiger partial charge in [0.05, 0.1) is 5.56 Å². The first-order chi connectivity index (χ1) is 11.7. The van der Waals surface area contributed by atoms with Crippen LogP contribution in [-0.2, 0) is 4.74 Å². The molecule has 8 heteroatoms. The van der Waals surface area contributed by atoms with E-state index in [0.717, 1.165) is 18.9 Å². The number of hydrogen-bond donors (Lipinski definition) is 2. The number of nitrogens with one attached hydrogen (secondary N) is 2. The molecule has 1 heterocycles. The molecule has 0 radical (unpaired) electrons. The molecule has 0 saturated heterocycles. The first kappa shape index (κ1) is 21.0. The number of anilines is 1.